The van der Waals surface area contributed by atoms with Crippen molar-refractivity contribution in [3.05, 3.63) is 0 Å². The Morgan fingerprint density at radius 1 is 1.29 bits per heavy atom. The lowest BCUT2D eigenvalue weighted by atomic mass is 10.0. The average Bonchev–Trinajstić information content (AvgIpc) is 2.81. The largest absolute Gasteiger partial charge is 0.368 e. The maximum absolute atomic E-state index is 12.1. The number of piperidine rings is 1. The molecular formula is C11H19N3O3. The van der Waals surface area contributed by atoms with Crippen molar-refractivity contribution < 1.29 is 14.3 Å². The van der Waals surface area contributed by atoms with E-state index in [4.69, 9.17) is 10.5 Å². The molecule has 2 aliphatic heterocycles. The fraction of sp³-hybridized carbons (Fsp3) is 0.818. The summed E-state index contributed by atoms with van der Waals surface area (Å²) < 4.78 is 5.38. The smallest absolute Gasteiger partial charge is 0.312 e. The highest BCUT2D eigenvalue weighted by Crippen LogP contribution is 2.18. The number of amides is 3. The van der Waals surface area contributed by atoms with Crippen molar-refractivity contribution in [2.45, 2.75) is 37.8 Å². The Bertz CT molecular complexity index is 302. The van der Waals surface area contributed by atoms with Crippen LogP contribution in [-0.2, 0) is 9.53 Å². The number of nitrogens with zero attached hydrogens (tertiary/aromatic N) is 1. The van der Waals surface area contributed by atoms with Crippen molar-refractivity contribution in [3.8, 4) is 0 Å². The summed E-state index contributed by atoms with van der Waals surface area (Å²) in [5.41, 5.74) is 5.09. The van der Waals surface area contributed by atoms with E-state index in [0.717, 1.165) is 32.2 Å². The molecule has 0 spiro atoms. The van der Waals surface area contributed by atoms with Gasteiger partial charge in [-0.1, -0.05) is 0 Å². The topological polar surface area (TPSA) is 84.7 Å². The monoisotopic (exact) mass is 241 g/mol. The highest BCUT2D eigenvalue weighted by molar-refractivity contribution is 5.81. The molecule has 2 unspecified atom stereocenters. The second kappa shape index (κ2) is 5.35. The normalized spacial score (nSPS) is 29.1. The van der Waals surface area contributed by atoms with Gasteiger partial charge < -0.3 is 20.7 Å². The minimum Gasteiger partial charge on any atom is -0.368 e. The van der Waals surface area contributed by atoms with Gasteiger partial charge in [0.05, 0.1) is 0 Å². The van der Waals surface area contributed by atoms with Gasteiger partial charge in [-0.05, 0) is 25.7 Å². The summed E-state index contributed by atoms with van der Waals surface area (Å²) in [6.07, 6.45) is 3.25. The molecule has 6 heteroatoms. The number of rotatable bonds is 2. The predicted molar refractivity (Wildman–Crippen MR) is 61.3 cm³/mol. The van der Waals surface area contributed by atoms with Crippen LogP contribution >= 0.6 is 0 Å². The van der Waals surface area contributed by atoms with Gasteiger partial charge in [0.15, 0.2) is 0 Å². The Hall–Kier alpha value is -1.30. The van der Waals surface area contributed by atoms with Gasteiger partial charge in [-0.2, -0.15) is 0 Å². The van der Waals surface area contributed by atoms with Crippen LogP contribution < -0.4 is 11.1 Å². The lowest BCUT2D eigenvalue weighted by molar-refractivity contribution is -0.142. The van der Waals surface area contributed by atoms with Crippen LogP contribution in [0.5, 0.6) is 0 Å². The quantitative estimate of drug-likeness (QED) is 0.703. The number of hydrogen-bond donors (Lipinski definition) is 2. The van der Waals surface area contributed by atoms with Crippen LogP contribution in [-0.4, -0.2) is 48.7 Å². The van der Waals surface area contributed by atoms with E-state index in [0.29, 0.717) is 13.2 Å². The lowest BCUT2D eigenvalue weighted by Crippen LogP contribution is -2.52. The number of primary amides is 1. The first-order valence-electron chi connectivity index (χ1n) is 6.13. The first-order valence-corrected chi connectivity index (χ1v) is 6.13. The molecule has 2 aliphatic rings. The molecule has 2 rings (SSSR count). The molecule has 6 nitrogen and oxygen atoms in total. The highest BCUT2D eigenvalue weighted by atomic mass is 16.5. The second-order valence-electron chi connectivity index (χ2n) is 4.63. The minimum atomic E-state index is -0.526. The zero-order valence-corrected chi connectivity index (χ0v) is 9.85. The van der Waals surface area contributed by atoms with Gasteiger partial charge in [0.25, 0.3) is 5.91 Å². The van der Waals surface area contributed by atoms with Crippen molar-refractivity contribution in [3.63, 3.8) is 0 Å². The van der Waals surface area contributed by atoms with Crippen LogP contribution in [0.2, 0.25) is 0 Å². The number of urea groups is 1. The zero-order valence-electron chi connectivity index (χ0n) is 9.85. The van der Waals surface area contributed by atoms with Gasteiger partial charge in [0.1, 0.15) is 6.10 Å². The number of ether oxygens (including phenoxy) is 1. The Kier molecular flexibility index (Phi) is 3.83. The highest BCUT2D eigenvalue weighted by Gasteiger charge is 2.31. The number of nitrogens with one attached hydrogen (secondary N) is 1. The van der Waals surface area contributed by atoms with E-state index in [-0.39, 0.29) is 18.1 Å². The summed E-state index contributed by atoms with van der Waals surface area (Å²) >= 11 is 0. The third-order valence-corrected chi connectivity index (χ3v) is 3.28. The van der Waals surface area contributed by atoms with Crippen LogP contribution in [0.25, 0.3) is 0 Å². The van der Waals surface area contributed by atoms with E-state index < -0.39 is 6.03 Å². The van der Waals surface area contributed by atoms with Gasteiger partial charge in [-0.3, -0.25) is 4.79 Å². The Morgan fingerprint density at radius 3 is 2.76 bits per heavy atom. The summed E-state index contributed by atoms with van der Waals surface area (Å²) in [5, 5.41) is 2.66. The number of hydrogen-bond acceptors (Lipinski definition) is 3. The molecule has 0 bridgehead atoms. The van der Waals surface area contributed by atoms with E-state index in [1.54, 1.807) is 4.90 Å². The molecule has 3 N–H and O–H groups in total. The van der Waals surface area contributed by atoms with Crippen LogP contribution in [0.4, 0.5) is 4.79 Å². The maximum atomic E-state index is 12.1. The summed E-state index contributed by atoms with van der Waals surface area (Å²) in [6, 6.07) is -0.548. The summed E-state index contributed by atoms with van der Waals surface area (Å²) in [6.45, 7) is 1.96. The molecule has 3 amide bonds. The van der Waals surface area contributed by atoms with Crippen LogP contribution in [0.15, 0.2) is 0 Å². The average molecular weight is 241 g/mol. The fourth-order valence-electron chi connectivity index (χ4n) is 2.47. The number of likely N-dealkylation sites (tertiary alicyclic amines) is 1. The standard InChI is InChI=1S/C11H19N3O3/c12-11(16)13-8-3-1-5-14(7-8)10(15)9-4-2-6-17-9/h8-9H,1-7H2,(H3,12,13,16). The molecule has 2 heterocycles. The molecule has 96 valence electrons. The molecule has 2 saturated heterocycles. The summed E-state index contributed by atoms with van der Waals surface area (Å²) in [4.78, 5) is 24.6. The van der Waals surface area contributed by atoms with Crippen molar-refractivity contribution >= 4 is 11.9 Å². The molecule has 0 aromatic rings. The van der Waals surface area contributed by atoms with E-state index in [1.807, 2.05) is 0 Å². The third-order valence-electron chi connectivity index (χ3n) is 3.28. The van der Waals surface area contributed by atoms with Gasteiger partial charge in [0, 0.05) is 25.7 Å². The Morgan fingerprint density at radius 2 is 2.12 bits per heavy atom. The van der Waals surface area contributed by atoms with Crippen LogP contribution in [0.1, 0.15) is 25.7 Å². The molecule has 17 heavy (non-hydrogen) atoms. The minimum absolute atomic E-state index is 0.0217. The first-order chi connectivity index (χ1) is 8.16. The maximum Gasteiger partial charge on any atom is 0.312 e. The molecule has 2 fully saturated rings. The molecule has 0 aliphatic carbocycles. The van der Waals surface area contributed by atoms with Crippen LogP contribution in [0, 0.1) is 0 Å². The third kappa shape index (κ3) is 3.09. The number of carbonyl (C=O) groups excluding carboxylic acids is 2. The molecule has 0 aromatic carbocycles. The molecule has 0 radical (unpaired) electrons. The fourth-order valence-corrected chi connectivity index (χ4v) is 2.47. The Balaban J connectivity index is 1.87. The molecule has 0 saturated carbocycles. The van der Waals surface area contributed by atoms with E-state index in [2.05, 4.69) is 5.32 Å². The summed E-state index contributed by atoms with van der Waals surface area (Å²) in [5.74, 6) is 0.0541. The first kappa shape index (κ1) is 12.2. The predicted octanol–water partition coefficient (Wildman–Crippen LogP) is -0.175. The van der Waals surface area contributed by atoms with Crippen molar-refractivity contribution in [2.75, 3.05) is 19.7 Å². The van der Waals surface area contributed by atoms with Gasteiger partial charge in [-0.15, -0.1) is 0 Å². The number of carbonyl (C=O) groups is 2. The molecule has 2 atom stereocenters. The SMILES string of the molecule is NC(=O)NC1CCCN(C(=O)C2CCCO2)C1. The van der Waals surface area contributed by atoms with Crippen molar-refractivity contribution in [2.24, 2.45) is 5.73 Å². The second-order valence-corrected chi connectivity index (χ2v) is 4.63. The van der Waals surface area contributed by atoms with Crippen LogP contribution in [0.3, 0.4) is 0 Å². The van der Waals surface area contributed by atoms with Crippen molar-refractivity contribution in [1.82, 2.24) is 10.2 Å². The van der Waals surface area contributed by atoms with E-state index in [9.17, 15) is 9.59 Å². The van der Waals surface area contributed by atoms with E-state index in [1.165, 1.54) is 0 Å². The van der Waals surface area contributed by atoms with E-state index >= 15 is 0 Å². The number of nitrogens with two attached hydrogens (primary N) is 1. The van der Waals surface area contributed by atoms with Gasteiger partial charge in [-0.25, -0.2) is 4.79 Å². The molecular weight excluding hydrogens is 222 g/mol. The zero-order chi connectivity index (χ0) is 12.3. The summed E-state index contributed by atoms with van der Waals surface area (Å²) in [7, 11) is 0. The lowest BCUT2D eigenvalue weighted by Gasteiger charge is -2.34. The Labute approximate surface area is 100 Å². The van der Waals surface area contributed by atoms with Crippen molar-refractivity contribution in [1.29, 1.82) is 0 Å². The van der Waals surface area contributed by atoms with Gasteiger partial charge in [0.2, 0.25) is 0 Å². The molecule has 0 aromatic heterocycles. The van der Waals surface area contributed by atoms with Gasteiger partial charge >= 0.3 is 6.03 Å².